The van der Waals surface area contributed by atoms with Gasteiger partial charge in [-0.05, 0) is 57.2 Å². The molecule has 1 heterocycles. The Kier molecular flexibility index (Phi) is 11.8. The molecule has 10 nitrogen and oxygen atoms in total. The van der Waals surface area contributed by atoms with E-state index in [-0.39, 0.29) is 29.0 Å². The Morgan fingerprint density at radius 1 is 1.08 bits per heavy atom. The number of esters is 1. The molecule has 1 aliphatic rings. The monoisotopic (exact) mass is 565 g/mol. The third-order valence-corrected chi connectivity index (χ3v) is 7.04. The number of ether oxygens (including phenoxy) is 1. The number of phenols is 1. The summed E-state index contributed by atoms with van der Waals surface area (Å²) in [6.07, 6.45) is 2.50. The van der Waals surface area contributed by atoms with Gasteiger partial charge in [-0.25, -0.2) is 4.79 Å². The van der Waals surface area contributed by atoms with Gasteiger partial charge in [0.1, 0.15) is 17.8 Å². The number of hydrogen-bond acceptors (Lipinski definition) is 7. The van der Waals surface area contributed by atoms with E-state index >= 15 is 0 Å². The average molecular weight is 566 g/mol. The number of cyclic esters (lactones) is 1. The number of rotatable bonds is 3. The molecule has 0 saturated carbocycles. The maximum Gasteiger partial charge on any atom is 0.331 e. The van der Waals surface area contributed by atoms with Crippen LogP contribution in [0.15, 0.2) is 29.8 Å². The molecule has 39 heavy (non-hydrogen) atoms. The van der Waals surface area contributed by atoms with Crippen LogP contribution in [0, 0.1) is 11.8 Å². The van der Waals surface area contributed by atoms with Crippen molar-refractivity contribution in [2.45, 2.75) is 78.1 Å². The van der Waals surface area contributed by atoms with Crippen molar-refractivity contribution in [2.24, 2.45) is 11.8 Å². The van der Waals surface area contributed by atoms with Crippen LogP contribution in [0.4, 0.5) is 0 Å². The van der Waals surface area contributed by atoms with Crippen molar-refractivity contribution >= 4 is 35.3 Å². The van der Waals surface area contributed by atoms with E-state index in [9.17, 15) is 29.4 Å². The quantitative estimate of drug-likeness (QED) is 0.325. The highest BCUT2D eigenvalue weighted by Gasteiger charge is 2.34. The molecule has 0 fully saturated rings. The standard InChI is InChI=1S/C28H40ClN3O7/c1-15-9-16(2)11-18(4)39-28(38)22(14-33)31-26(36)23(13-20-7-8-24(34)21(29)12-20)32(6)27(37)19(5)30-25(35)17(3)10-15/h7-9,12,16-19,22-23,33-34H,10-11,13-14H2,1-6H3,(H,30,35)(H,31,36)/b15-9+/t16-,17-,18-,19-,22-,23+/m0/s1. The Morgan fingerprint density at radius 3 is 2.36 bits per heavy atom. The molecular weight excluding hydrogens is 526 g/mol. The smallest absolute Gasteiger partial charge is 0.331 e. The van der Waals surface area contributed by atoms with Gasteiger partial charge in [-0.1, -0.05) is 43.2 Å². The van der Waals surface area contributed by atoms with Crippen LogP contribution < -0.4 is 10.6 Å². The molecule has 0 bridgehead atoms. The number of allylic oxidation sites excluding steroid dienone is 2. The highest BCUT2D eigenvalue weighted by Crippen LogP contribution is 2.25. The first kappa shape index (κ1) is 32.1. The summed E-state index contributed by atoms with van der Waals surface area (Å²) >= 11 is 6.04. The largest absolute Gasteiger partial charge is 0.506 e. The minimum atomic E-state index is -1.35. The number of nitrogens with zero attached hydrogens (tertiary/aromatic N) is 1. The number of benzene rings is 1. The van der Waals surface area contributed by atoms with Gasteiger partial charge in [0.15, 0.2) is 6.04 Å². The fourth-order valence-corrected chi connectivity index (χ4v) is 4.88. The highest BCUT2D eigenvalue weighted by molar-refractivity contribution is 6.32. The van der Waals surface area contributed by atoms with Crippen LogP contribution in [0.1, 0.15) is 53.0 Å². The minimum Gasteiger partial charge on any atom is -0.506 e. The van der Waals surface area contributed by atoms with Gasteiger partial charge in [-0.3, -0.25) is 14.4 Å². The first-order valence-corrected chi connectivity index (χ1v) is 13.4. The molecule has 0 aliphatic carbocycles. The average Bonchev–Trinajstić information content (AvgIpc) is 2.85. The molecular formula is C28H40ClN3O7. The molecule has 0 aromatic heterocycles. The van der Waals surface area contributed by atoms with Gasteiger partial charge in [0.2, 0.25) is 17.7 Å². The van der Waals surface area contributed by atoms with Gasteiger partial charge >= 0.3 is 5.97 Å². The lowest BCUT2D eigenvalue weighted by Gasteiger charge is -2.31. The van der Waals surface area contributed by atoms with Crippen LogP contribution in [0.3, 0.4) is 0 Å². The maximum absolute atomic E-state index is 13.4. The first-order chi connectivity index (χ1) is 18.2. The predicted octanol–water partition coefficient (Wildman–Crippen LogP) is 2.34. The van der Waals surface area contributed by atoms with Gasteiger partial charge < -0.3 is 30.5 Å². The second-order valence-corrected chi connectivity index (χ2v) is 10.9. The molecule has 216 valence electrons. The molecule has 0 spiro atoms. The Hall–Kier alpha value is -3.11. The SMILES string of the molecule is C/C1=C\[C@H](C)C[C@H](C)OC(=O)[C@H](CO)NC(=O)[C@@H](Cc2ccc(O)c(Cl)c2)N(C)C(=O)[C@H](C)NC(=O)[C@@H](C)C1. The Labute approximate surface area is 234 Å². The number of hydrogen-bond donors (Lipinski definition) is 4. The fourth-order valence-electron chi connectivity index (χ4n) is 4.68. The summed E-state index contributed by atoms with van der Waals surface area (Å²) in [4.78, 5) is 53.6. The third-order valence-electron chi connectivity index (χ3n) is 6.74. The normalized spacial score (nSPS) is 29.8. The number of aliphatic hydroxyl groups excluding tert-OH is 1. The van der Waals surface area contributed by atoms with E-state index in [1.54, 1.807) is 19.9 Å². The number of halogens is 1. The van der Waals surface area contributed by atoms with E-state index in [1.165, 1.54) is 31.0 Å². The summed E-state index contributed by atoms with van der Waals surface area (Å²) in [5.41, 5.74) is 1.53. The number of nitrogens with one attached hydrogen (secondary N) is 2. The lowest BCUT2D eigenvalue weighted by atomic mass is 9.95. The zero-order valence-electron chi connectivity index (χ0n) is 23.4. The van der Waals surface area contributed by atoms with Gasteiger partial charge in [-0.2, -0.15) is 0 Å². The molecule has 0 saturated heterocycles. The number of aliphatic hydroxyl groups is 1. The molecule has 0 unspecified atom stereocenters. The Bertz CT molecular complexity index is 1090. The highest BCUT2D eigenvalue weighted by atomic mass is 35.5. The van der Waals surface area contributed by atoms with Crippen LogP contribution >= 0.6 is 11.6 Å². The fraction of sp³-hybridized carbons (Fsp3) is 0.571. The molecule has 4 N–H and O–H groups in total. The number of carbonyl (C=O) groups is 4. The number of amides is 3. The molecule has 1 aromatic rings. The molecule has 2 rings (SSSR count). The maximum atomic E-state index is 13.4. The van der Waals surface area contributed by atoms with Crippen LogP contribution in [0.5, 0.6) is 5.75 Å². The summed E-state index contributed by atoms with van der Waals surface area (Å²) in [6, 6.07) is 0.969. The van der Waals surface area contributed by atoms with Gasteiger partial charge in [-0.15, -0.1) is 0 Å². The van der Waals surface area contributed by atoms with Crippen molar-refractivity contribution in [3.63, 3.8) is 0 Å². The Balaban J connectivity index is 2.44. The summed E-state index contributed by atoms with van der Waals surface area (Å²) in [5.74, 6) is -2.81. The summed E-state index contributed by atoms with van der Waals surface area (Å²) in [7, 11) is 1.42. The van der Waals surface area contributed by atoms with Crippen LogP contribution in [0.2, 0.25) is 5.02 Å². The number of likely N-dealkylation sites (N-methyl/N-ethyl adjacent to an activating group) is 1. The van der Waals surface area contributed by atoms with Crippen molar-refractivity contribution in [1.29, 1.82) is 0 Å². The van der Waals surface area contributed by atoms with E-state index in [0.29, 0.717) is 18.4 Å². The van der Waals surface area contributed by atoms with Gasteiger partial charge in [0.05, 0.1) is 17.7 Å². The second kappa shape index (κ2) is 14.3. The van der Waals surface area contributed by atoms with E-state index in [4.69, 9.17) is 16.3 Å². The predicted molar refractivity (Wildman–Crippen MR) is 147 cm³/mol. The summed E-state index contributed by atoms with van der Waals surface area (Å²) in [5, 5.41) is 24.9. The van der Waals surface area contributed by atoms with Crippen molar-refractivity contribution in [3.8, 4) is 5.75 Å². The summed E-state index contributed by atoms with van der Waals surface area (Å²) < 4.78 is 5.51. The van der Waals surface area contributed by atoms with Crippen LogP contribution in [-0.2, 0) is 30.3 Å². The zero-order chi connectivity index (χ0) is 29.4. The Morgan fingerprint density at radius 2 is 1.74 bits per heavy atom. The molecule has 1 aromatic carbocycles. The third kappa shape index (κ3) is 9.25. The van der Waals surface area contributed by atoms with Crippen LogP contribution in [-0.4, -0.2) is 76.7 Å². The van der Waals surface area contributed by atoms with Crippen LogP contribution in [0.25, 0.3) is 0 Å². The second-order valence-electron chi connectivity index (χ2n) is 10.5. The number of phenolic OH excluding ortho intramolecular Hbond substituents is 1. The lowest BCUT2D eigenvalue weighted by Crippen LogP contribution is -2.57. The number of carbonyl (C=O) groups excluding carboxylic acids is 4. The molecule has 11 heteroatoms. The topological polar surface area (TPSA) is 145 Å². The van der Waals surface area contributed by atoms with E-state index in [1.807, 2.05) is 19.9 Å². The molecule has 6 atom stereocenters. The van der Waals surface area contributed by atoms with E-state index in [0.717, 1.165) is 5.57 Å². The van der Waals surface area contributed by atoms with Crippen molar-refractivity contribution in [2.75, 3.05) is 13.7 Å². The molecule has 0 radical (unpaired) electrons. The van der Waals surface area contributed by atoms with Crippen molar-refractivity contribution in [3.05, 3.63) is 40.4 Å². The first-order valence-electron chi connectivity index (χ1n) is 13.1. The zero-order valence-corrected chi connectivity index (χ0v) is 24.1. The van der Waals surface area contributed by atoms with E-state index in [2.05, 4.69) is 10.6 Å². The summed E-state index contributed by atoms with van der Waals surface area (Å²) in [6.45, 7) is 8.24. The molecule has 3 amide bonds. The molecule has 1 aliphatic heterocycles. The van der Waals surface area contributed by atoms with Gasteiger partial charge in [0, 0.05) is 19.4 Å². The van der Waals surface area contributed by atoms with Crippen molar-refractivity contribution in [1.82, 2.24) is 15.5 Å². The number of aromatic hydroxyl groups is 1. The van der Waals surface area contributed by atoms with Crippen molar-refractivity contribution < 1.29 is 34.1 Å². The van der Waals surface area contributed by atoms with Gasteiger partial charge in [0.25, 0.3) is 0 Å². The minimum absolute atomic E-state index is 0.0176. The van der Waals surface area contributed by atoms with E-state index < -0.39 is 54.5 Å². The lowest BCUT2D eigenvalue weighted by molar-refractivity contribution is -0.154.